The fourth-order valence-corrected chi connectivity index (χ4v) is 5.37. The molecule has 4 rings (SSSR count). The molecular formula is C13H24OSi. The number of hydrogen-bond acceptors (Lipinski definition) is 1. The van der Waals surface area contributed by atoms with Gasteiger partial charge in [-0.3, -0.25) is 0 Å². The second-order valence-electron chi connectivity index (χ2n) is 6.91. The summed E-state index contributed by atoms with van der Waals surface area (Å²) in [4.78, 5) is 0. The summed E-state index contributed by atoms with van der Waals surface area (Å²) in [5, 5.41) is 0. The number of hydrogen-bond donors (Lipinski definition) is 0. The molecule has 4 saturated carbocycles. The Bertz CT molecular complexity index is 283. The maximum Gasteiger partial charge on any atom is 0.184 e. The number of rotatable bonds is 2. The fourth-order valence-electron chi connectivity index (χ4n) is 4.17. The Morgan fingerprint density at radius 2 is 1.60 bits per heavy atom. The van der Waals surface area contributed by atoms with Crippen LogP contribution in [0.3, 0.4) is 0 Å². The molecule has 2 unspecified atom stereocenters. The van der Waals surface area contributed by atoms with Gasteiger partial charge < -0.3 is 4.43 Å². The summed E-state index contributed by atoms with van der Waals surface area (Å²) in [5.74, 6) is 2.23. The molecule has 0 aliphatic heterocycles. The van der Waals surface area contributed by atoms with Crippen LogP contribution < -0.4 is 0 Å². The van der Waals surface area contributed by atoms with E-state index in [1.807, 2.05) is 0 Å². The van der Waals surface area contributed by atoms with E-state index in [2.05, 4.69) is 19.6 Å². The molecule has 0 heterocycles. The Balaban J connectivity index is 1.79. The van der Waals surface area contributed by atoms with E-state index in [1.54, 1.807) is 0 Å². The fraction of sp³-hybridized carbons (Fsp3) is 1.00. The monoisotopic (exact) mass is 225 g/mol. The lowest BCUT2D eigenvalue weighted by molar-refractivity contribution is -0.0827. The van der Waals surface area contributed by atoms with Crippen LogP contribution in [-0.2, 0) is 4.43 Å². The van der Waals surface area contributed by atoms with Gasteiger partial charge in [-0.15, -0.1) is 0 Å². The quantitative estimate of drug-likeness (QED) is 0.652. The Labute approximate surface area is 96.1 Å². The van der Waals surface area contributed by atoms with Crippen molar-refractivity contribution in [3.05, 3.63) is 0 Å². The molecule has 1 nitrogen and oxygen atoms in total. The van der Waals surface area contributed by atoms with Crippen molar-refractivity contribution in [1.82, 2.24) is 0 Å². The summed E-state index contributed by atoms with van der Waals surface area (Å²) in [5.41, 5.74) is 0. The highest BCUT2D eigenvalue weighted by molar-refractivity contribution is 6.69. The minimum Gasteiger partial charge on any atom is -0.414 e. The van der Waals surface area contributed by atoms with Gasteiger partial charge in [0, 0.05) is 1.37 Å². The van der Waals surface area contributed by atoms with Gasteiger partial charge in [-0.25, -0.2) is 0 Å². The third-order valence-electron chi connectivity index (χ3n) is 4.37. The highest BCUT2D eigenvalue weighted by atomic mass is 28.4. The van der Waals surface area contributed by atoms with E-state index >= 15 is 0 Å². The lowest BCUT2D eigenvalue weighted by Gasteiger charge is -2.55. The SMILES string of the molecule is [2H]C12CC3CC(C1)C(O[Si](C)(C)C)C(C3)C2. The van der Waals surface area contributed by atoms with Crippen molar-refractivity contribution in [1.29, 1.82) is 0 Å². The Morgan fingerprint density at radius 1 is 1.00 bits per heavy atom. The molecule has 0 N–H and O–H groups in total. The Kier molecular flexibility index (Phi) is 2.05. The van der Waals surface area contributed by atoms with Gasteiger partial charge in [-0.1, -0.05) is 0 Å². The molecule has 15 heavy (non-hydrogen) atoms. The summed E-state index contributed by atoms with van der Waals surface area (Å²) in [6.07, 6.45) is 6.64. The topological polar surface area (TPSA) is 9.23 Å². The van der Waals surface area contributed by atoms with Crippen LogP contribution in [-0.4, -0.2) is 14.4 Å². The molecule has 0 saturated heterocycles. The zero-order valence-corrected chi connectivity index (χ0v) is 11.3. The summed E-state index contributed by atoms with van der Waals surface area (Å²) in [6, 6.07) is 0. The van der Waals surface area contributed by atoms with E-state index in [-0.39, 0.29) is 5.89 Å². The molecule has 0 aromatic carbocycles. The molecule has 86 valence electrons. The average molecular weight is 225 g/mol. The molecule has 0 spiro atoms. The summed E-state index contributed by atoms with van der Waals surface area (Å²) in [6.45, 7) is 6.90. The maximum atomic E-state index is 8.49. The van der Waals surface area contributed by atoms with Gasteiger partial charge in [-0.05, 0) is 75.4 Å². The first-order valence-electron chi connectivity index (χ1n) is 7.02. The van der Waals surface area contributed by atoms with Crippen LogP contribution >= 0.6 is 0 Å². The maximum absolute atomic E-state index is 8.49. The van der Waals surface area contributed by atoms with Crippen molar-refractivity contribution in [3.63, 3.8) is 0 Å². The lowest BCUT2D eigenvalue weighted by Crippen LogP contribution is -2.52. The lowest BCUT2D eigenvalue weighted by atomic mass is 9.55. The Morgan fingerprint density at radius 3 is 2.07 bits per heavy atom. The standard InChI is InChI=1S/C13H24OSi/c1-15(2,3)14-13-11-5-9-4-10(7-11)8-12(13)6-9/h9-13H,4-8H2,1-3H3/i9D. The summed E-state index contributed by atoms with van der Waals surface area (Å²) < 4.78 is 14.9. The van der Waals surface area contributed by atoms with Crippen LogP contribution in [0.1, 0.15) is 33.5 Å². The van der Waals surface area contributed by atoms with E-state index in [9.17, 15) is 0 Å². The first kappa shape index (κ1) is 9.23. The molecule has 2 heteroatoms. The minimum absolute atomic E-state index is 0.0597. The molecule has 0 radical (unpaired) electrons. The molecule has 4 aliphatic carbocycles. The van der Waals surface area contributed by atoms with Crippen LogP contribution in [0.25, 0.3) is 0 Å². The van der Waals surface area contributed by atoms with Gasteiger partial charge >= 0.3 is 0 Å². The molecule has 0 aromatic rings. The van der Waals surface area contributed by atoms with Gasteiger partial charge in [0.05, 0.1) is 6.10 Å². The van der Waals surface area contributed by atoms with Crippen molar-refractivity contribution in [2.75, 3.05) is 0 Å². The average Bonchev–Trinajstić information content (AvgIpc) is 2.06. The van der Waals surface area contributed by atoms with Crippen LogP contribution in [0.5, 0.6) is 0 Å². The van der Waals surface area contributed by atoms with Gasteiger partial charge in [0.1, 0.15) is 0 Å². The van der Waals surface area contributed by atoms with Crippen LogP contribution in [0.2, 0.25) is 19.6 Å². The van der Waals surface area contributed by atoms with Crippen molar-refractivity contribution in [2.45, 2.75) is 57.8 Å². The van der Waals surface area contributed by atoms with E-state index in [0.717, 1.165) is 30.6 Å². The molecule has 4 aliphatic rings. The highest BCUT2D eigenvalue weighted by Crippen LogP contribution is 2.55. The zero-order valence-electron chi connectivity index (χ0n) is 11.3. The van der Waals surface area contributed by atoms with Gasteiger partial charge in [0.15, 0.2) is 8.32 Å². The smallest absolute Gasteiger partial charge is 0.184 e. The minimum atomic E-state index is -1.40. The van der Waals surface area contributed by atoms with Crippen molar-refractivity contribution < 1.29 is 5.80 Å². The summed E-state index contributed by atoms with van der Waals surface area (Å²) in [7, 11) is -1.40. The second-order valence-corrected chi connectivity index (χ2v) is 11.4. The molecule has 4 fully saturated rings. The first-order valence-corrected chi connectivity index (χ1v) is 9.93. The molecular weight excluding hydrogens is 200 g/mol. The van der Waals surface area contributed by atoms with Crippen molar-refractivity contribution >= 4 is 8.32 Å². The van der Waals surface area contributed by atoms with Gasteiger partial charge in [0.2, 0.25) is 0 Å². The molecule has 0 aromatic heterocycles. The predicted octanol–water partition coefficient (Wildman–Crippen LogP) is 3.66. The van der Waals surface area contributed by atoms with Gasteiger partial charge in [-0.2, -0.15) is 0 Å². The van der Waals surface area contributed by atoms with Crippen LogP contribution in [0.15, 0.2) is 0 Å². The predicted molar refractivity (Wildman–Crippen MR) is 65.3 cm³/mol. The molecule has 0 amide bonds. The molecule has 4 bridgehead atoms. The van der Waals surface area contributed by atoms with E-state index in [1.165, 1.54) is 19.3 Å². The third kappa shape index (κ3) is 1.91. The highest BCUT2D eigenvalue weighted by Gasteiger charge is 2.49. The van der Waals surface area contributed by atoms with Gasteiger partial charge in [0.25, 0.3) is 0 Å². The third-order valence-corrected chi connectivity index (χ3v) is 5.35. The molecule has 2 atom stereocenters. The van der Waals surface area contributed by atoms with Crippen molar-refractivity contribution in [3.8, 4) is 0 Å². The normalized spacial score (nSPS) is 54.5. The first-order chi connectivity index (χ1) is 7.35. The van der Waals surface area contributed by atoms with E-state index in [0.29, 0.717) is 6.10 Å². The second kappa shape index (κ2) is 3.33. The van der Waals surface area contributed by atoms with Crippen LogP contribution in [0, 0.1) is 23.6 Å². The van der Waals surface area contributed by atoms with Crippen LogP contribution in [0.4, 0.5) is 0 Å². The summed E-state index contributed by atoms with van der Waals surface area (Å²) >= 11 is 0. The van der Waals surface area contributed by atoms with E-state index < -0.39 is 8.32 Å². The largest absolute Gasteiger partial charge is 0.414 e. The zero-order chi connectivity index (χ0) is 11.6. The van der Waals surface area contributed by atoms with Crippen molar-refractivity contribution in [2.24, 2.45) is 23.6 Å². The Hall–Kier alpha value is 0.177. The van der Waals surface area contributed by atoms with E-state index in [4.69, 9.17) is 5.80 Å².